The highest BCUT2D eigenvalue weighted by Gasteiger charge is 2.31. The Morgan fingerprint density at radius 2 is 1.88 bits per heavy atom. The predicted molar refractivity (Wildman–Crippen MR) is 100 cm³/mol. The minimum atomic E-state index is -0.595. The zero-order valence-electron chi connectivity index (χ0n) is 15.5. The van der Waals surface area contributed by atoms with Gasteiger partial charge in [0.25, 0.3) is 0 Å². The van der Waals surface area contributed by atoms with Crippen LogP contribution < -0.4 is 10.6 Å². The topological polar surface area (TPSA) is 76.0 Å². The van der Waals surface area contributed by atoms with E-state index in [0.717, 1.165) is 42.0 Å². The Balaban J connectivity index is 1.73. The van der Waals surface area contributed by atoms with E-state index in [1.54, 1.807) is 11.8 Å². The smallest absolute Gasteiger partial charge is 0.314 e. The van der Waals surface area contributed by atoms with E-state index in [2.05, 4.69) is 22.7 Å². The number of thioether (sulfide) groups is 1. The third kappa shape index (κ3) is 3.86. The molecule has 2 atom stereocenters. The molecule has 1 aliphatic heterocycles. The molecule has 2 N–H and O–H groups in total. The maximum Gasteiger partial charge on any atom is 0.314 e. The molecule has 0 radical (unpaired) electrons. The second-order valence-corrected chi connectivity index (χ2v) is 9.13. The summed E-state index contributed by atoms with van der Waals surface area (Å²) in [5.74, 6) is 1.63. The molecule has 2 amide bonds. The molecule has 1 aliphatic carbocycles. The summed E-state index contributed by atoms with van der Waals surface area (Å²) >= 11 is 1.78. The third-order valence-electron chi connectivity index (χ3n) is 5.05. The molecule has 2 aliphatic rings. The highest BCUT2D eigenvalue weighted by molar-refractivity contribution is 7.98. The second kappa shape index (κ2) is 7.02. The maximum absolute atomic E-state index is 12.5. The number of nitrogens with zero attached hydrogens (tertiary/aromatic N) is 2. The van der Waals surface area contributed by atoms with Gasteiger partial charge in [-0.15, -0.1) is 0 Å². The molecule has 25 heavy (non-hydrogen) atoms. The number of fused-ring (bicyclic) bond motifs is 1. The first-order valence-corrected chi connectivity index (χ1v) is 10.2. The fourth-order valence-electron chi connectivity index (χ4n) is 3.56. The molecule has 2 heterocycles. The summed E-state index contributed by atoms with van der Waals surface area (Å²) in [5, 5.41) is 10.4. The van der Waals surface area contributed by atoms with Gasteiger partial charge < -0.3 is 10.6 Å². The molecule has 0 saturated heterocycles. The summed E-state index contributed by atoms with van der Waals surface area (Å²) in [7, 11) is 0. The van der Waals surface area contributed by atoms with Gasteiger partial charge in [-0.3, -0.25) is 9.59 Å². The Kier molecular flexibility index (Phi) is 5.14. The number of carbonyl (C=O) groups excluding carboxylic acids is 2. The van der Waals surface area contributed by atoms with Crippen LogP contribution in [0.2, 0.25) is 0 Å². The first-order chi connectivity index (χ1) is 11.8. The summed E-state index contributed by atoms with van der Waals surface area (Å²) in [6.45, 7) is 8.27. The van der Waals surface area contributed by atoms with Crippen molar-refractivity contribution in [3.05, 3.63) is 11.3 Å². The van der Waals surface area contributed by atoms with Crippen molar-refractivity contribution in [2.75, 3.05) is 5.32 Å². The normalized spacial score (nSPS) is 23.2. The van der Waals surface area contributed by atoms with Gasteiger partial charge in [0, 0.05) is 23.1 Å². The van der Waals surface area contributed by atoms with Crippen molar-refractivity contribution in [3.8, 4) is 0 Å². The van der Waals surface area contributed by atoms with E-state index in [-0.39, 0.29) is 11.6 Å². The number of rotatable bonds is 2. The number of hydrogen-bond donors (Lipinski definition) is 2. The maximum atomic E-state index is 12.5. The van der Waals surface area contributed by atoms with Gasteiger partial charge in [0.2, 0.25) is 0 Å². The van der Waals surface area contributed by atoms with Crippen LogP contribution in [0.3, 0.4) is 0 Å². The van der Waals surface area contributed by atoms with Crippen molar-refractivity contribution in [2.24, 2.45) is 5.92 Å². The monoisotopic (exact) mass is 364 g/mol. The van der Waals surface area contributed by atoms with E-state index in [1.165, 1.54) is 6.42 Å². The van der Waals surface area contributed by atoms with Gasteiger partial charge in [0.1, 0.15) is 5.82 Å². The van der Waals surface area contributed by atoms with Crippen LogP contribution in [-0.2, 0) is 26.6 Å². The van der Waals surface area contributed by atoms with Crippen molar-refractivity contribution in [1.82, 2.24) is 15.1 Å². The lowest BCUT2D eigenvalue weighted by Crippen LogP contribution is -2.46. The molecule has 1 aromatic rings. The molecule has 1 saturated carbocycles. The molecule has 0 spiro atoms. The second-order valence-electron chi connectivity index (χ2n) is 8.15. The number of nitrogens with one attached hydrogen (secondary N) is 2. The Morgan fingerprint density at radius 1 is 1.16 bits per heavy atom. The van der Waals surface area contributed by atoms with Gasteiger partial charge >= 0.3 is 11.8 Å². The largest absolute Gasteiger partial charge is 0.345 e. The van der Waals surface area contributed by atoms with Crippen LogP contribution in [0.15, 0.2) is 0 Å². The van der Waals surface area contributed by atoms with E-state index < -0.39 is 11.8 Å². The van der Waals surface area contributed by atoms with Crippen LogP contribution in [0.25, 0.3) is 0 Å². The van der Waals surface area contributed by atoms with E-state index in [0.29, 0.717) is 11.7 Å². The summed E-state index contributed by atoms with van der Waals surface area (Å²) in [6, 6.07) is 0.0980. The highest BCUT2D eigenvalue weighted by Crippen LogP contribution is 2.37. The molecule has 138 valence electrons. The van der Waals surface area contributed by atoms with Crippen LogP contribution in [-0.4, -0.2) is 27.6 Å². The van der Waals surface area contributed by atoms with Gasteiger partial charge in [-0.2, -0.15) is 16.9 Å². The third-order valence-corrected chi connectivity index (χ3v) is 6.02. The average molecular weight is 365 g/mol. The Labute approximate surface area is 153 Å². The molecule has 0 aromatic carbocycles. The molecular formula is C18H28N4O2S. The SMILES string of the molecule is C[C@H]1CCCC[C@H]1NC(=O)C(=O)Nc1c2c(nn1C(C)(C)C)CSC2. The lowest BCUT2D eigenvalue weighted by atomic mass is 9.86. The van der Waals surface area contributed by atoms with E-state index >= 15 is 0 Å². The highest BCUT2D eigenvalue weighted by atomic mass is 32.2. The summed E-state index contributed by atoms with van der Waals surface area (Å²) < 4.78 is 1.84. The summed E-state index contributed by atoms with van der Waals surface area (Å²) in [6.07, 6.45) is 4.37. The quantitative estimate of drug-likeness (QED) is 0.791. The van der Waals surface area contributed by atoms with Crippen LogP contribution in [0.1, 0.15) is 64.6 Å². The van der Waals surface area contributed by atoms with Gasteiger partial charge in [-0.25, -0.2) is 4.68 Å². The van der Waals surface area contributed by atoms with Crippen LogP contribution in [0.5, 0.6) is 0 Å². The van der Waals surface area contributed by atoms with Gasteiger partial charge in [-0.05, 0) is 39.5 Å². The van der Waals surface area contributed by atoms with E-state index in [4.69, 9.17) is 0 Å². The van der Waals surface area contributed by atoms with Crippen LogP contribution in [0.4, 0.5) is 5.82 Å². The number of hydrogen-bond acceptors (Lipinski definition) is 4. The first kappa shape index (κ1) is 18.3. The fourth-order valence-corrected chi connectivity index (χ4v) is 4.59. The first-order valence-electron chi connectivity index (χ1n) is 9.08. The zero-order valence-corrected chi connectivity index (χ0v) is 16.3. The lowest BCUT2D eigenvalue weighted by molar-refractivity contribution is -0.137. The van der Waals surface area contributed by atoms with Crippen molar-refractivity contribution in [1.29, 1.82) is 0 Å². The molecule has 0 unspecified atom stereocenters. The zero-order chi connectivity index (χ0) is 18.2. The number of anilines is 1. The standard InChI is InChI=1S/C18H28N4O2S/c1-11-7-5-6-8-13(11)19-16(23)17(24)20-15-12-9-25-10-14(12)21-22(15)18(2,3)4/h11,13H,5-10H2,1-4H3,(H,19,23)(H,20,24)/t11-,13+/m0/s1. The molecule has 1 aromatic heterocycles. The Hall–Kier alpha value is -1.50. The minimum Gasteiger partial charge on any atom is -0.345 e. The van der Waals surface area contributed by atoms with Crippen LogP contribution in [0, 0.1) is 5.92 Å². The van der Waals surface area contributed by atoms with Crippen LogP contribution >= 0.6 is 11.8 Å². The molecule has 7 heteroatoms. The minimum absolute atomic E-state index is 0.0980. The Morgan fingerprint density at radius 3 is 2.56 bits per heavy atom. The molecular weight excluding hydrogens is 336 g/mol. The number of carbonyl (C=O) groups is 2. The predicted octanol–water partition coefficient (Wildman–Crippen LogP) is 3.02. The van der Waals surface area contributed by atoms with Gasteiger partial charge in [-0.1, -0.05) is 19.8 Å². The van der Waals surface area contributed by atoms with Crippen molar-refractivity contribution in [2.45, 2.75) is 76.5 Å². The van der Waals surface area contributed by atoms with Crippen molar-refractivity contribution in [3.63, 3.8) is 0 Å². The molecule has 6 nitrogen and oxygen atoms in total. The molecule has 1 fully saturated rings. The van der Waals surface area contributed by atoms with E-state index in [1.807, 2.05) is 25.5 Å². The van der Waals surface area contributed by atoms with Crippen molar-refractivity contribution < 1.29 is 9.59 Å². The molecule has 0 bridgehead atoms. The summed E-state index contributed by atoms with van der Waals surface area (Å²) in [5.41, 5.74) is 1.80. The number of aromatic nitrogens is 2. The molecule has 3 rings (SSSR count). The van der Waals surface area contributed by atoms with Crippen molar-refractivity contribution >= 4 is 29.4 Å². The van der Waals surface area contributed by atoms with Gasteiger partial charge in [0.15, 0.2) is 0 Å². The summed E-state index contributed by atoms with van der Waals surface area (Å²) in [4.78, 5) is 24.9. The van der Waals surface area contributed by atoms with E-state index in [9.17, 15) is 9.59 Å². The fraction of sp³-hybridized carbons (Fsp3) is 0.722. The number of amides is 2. The average Bonchev–Trinajstić information content (AvgIpc) is 3.11. The Bertz CT molecular complexity index is 677. The lowest BCUT2D eigenvalue weighted by Gasteiger charge is -2.29. The van der Waals surface area contributed by atoms with Gasteiger partial charge in [0.05, 0.1) is 11.2 Å².